The van der Waals surface area contributed by atoms with Crippen LogP contribution in [0.5, 0.6) is 0 Å². The summed E-state index contributed by atoms with van der Waals surface area (Å²) in [5.41, 5.74) is 1.78. The molecular weight excluding hydrogens is 309 g/mol. The number of amides is 1. The van der Waals surface area contributed by atoms with Gasteiger partial charge in [-0.05, 0) is 18.2 Å². The van der Waals surface area contributed by atoms with Crippen molar-refractivity contribution < 1.29 is 9.18 Å². The lowest BCUT2D eigenvalue weighted by atomic mass is 10.2. The van der Waals surface area contributed by atoms with Crippen LogP contribution in [-0.2, 0) is 17.8 Å². The molecule has 0 aliphatic rings. The van der Waals surface area contributed by atoms with E-state index in [4.69, 9.17) is 0 Å². The summed E-state index contributed by atoms with van der Waals surface area (Å²) in [7, 11) is 0. The molecule has 0 saturated heterocycles. The number of H-pyrrole nitrogens is 1. The van der Waals surface area contributed by atoms with Gasteiger partial charge in [0.1, 0.15) is 11.5 Å². The first-order chi connectivity index (χ1) is 11.6. The van der Waals surface area contributed by atoms with Gasteiger partial charge in [0.15, 0.2) is 0 Å². The van der Waals surface area contributed by atoms with Crippen LogP contribution in [0.3, 0.4) is 0 Å². The quantitative estimate of drug-likeness (QED) is 0.756. The lowest BCUT2D eigenvalue weighted by molar-refractivity contribution is -0.121. The minimum atomic E-state index is -0.356. The first-order valence-electron chi connectivity index (χ1n) is 7.61. The van der Waals surface area contributed by atoms with Gasteiger partial charge in [0.2, 0.25) is 5.91 Å². The summed E-state index contributed by atoms with van der Waals surface area (Å²) >= 11 is 0. The van der Waals surface area contributed by atoms with Gasteiger partial charge in [-0.3, -0.25) is 9.59 Å². The first-order valence-corrected chi connectivity index (χ1v) is 7.61. The zero-order chi connectivity index (χ0) is 16.9. The number of nitrogens with one attached hydrogen (secondary N) is 2. The fraction of sp³-hybridized carbons (Fsp3) is 0.167. The van der Waals surface area contributed by atoms with Crippen LogP contribution in [0.25, 0.3) is 11.0 Å². The summed E-state index contributed by atoms with van der Waals surface area (Å²) < 4.78 is 13.5. The highest BCUT2D eigenvalue weighted by Crippen LogP contribution is 2.08. The molecule has 24 heavy (non-hydrogen) atoms. The van der Waals surface area contributed by atoms with Gasteiger partial charge in [-0.15, -0.1) is 0 Å². The van der Waals surface area contributed by atoms with Crippen LogP contribution < -0.4 is 10.9 Å². The Morgan fingerprint density at radius 3 is 2.71 bits per heavy atom. The molecule has 3 aromatic rings. The molecule has 0 atom stereocenters. The number of nitrogens with zero attached hydrogens (tertiary/aromatic N) is 1. The molecule has 0 aliphatic carbocycles. The van der Waals surface area contributed by atoms with Crippen molar-refractivity contribution in [1.29, 1.82) is 0 Å². The predicted molar refractivity (Wildman–Crippen MR) is 88.9 cm³/mol. The van der Waals surface area contributed by atoms with Gasteiger partial charge in [-0.25, -0.2) is 9.37 Å². The summed E-state index contributed by atoms with van der Waals surface area (Å²) in [5.74, 6) is -0.613. The topological polar surface area (TPSA) is 74.8 Å². The van der Waals surface area contributed by atoms with E-state index in [0.29, 0.717) is 22.3 Å². The molecule has 2 aromatic carbocycles. The van der Waals surface area contributed by atoms with E-state index in [0.717, 1.165) is 0 Å². The molecule has 2 N–H and O–H groups in total. The molecule has 1 heterocycles. The molecule has 122 valence electrons. The van der Waals surface area contributed by atoms with E-state index >= 15 is 0 Å². The van der Waals surface area contributed by atoms with Crippen LogP contribution in [0.4, 0.5) is 4.39 Å². The third kappa shape index (κ3) is 3.65. The molecule has 3 rings (SSSR count). The van der Waals surface area contributed by atoms with Gasteiger partial charge in [-0.1, -0.05) is 30.3 Å². The molecule has 6 heteroatoms. The van der Waals surface area contributed by atoms with Crippen molar-refractivity contribution in [2.24, 2.45) is 0 Å². The number of aromatic amines is 1. The number of aromatic nitrogens is 2. The number of hydrogen-bond donors (Lipinski definition) is 2. The van der Waals surface area contributed by atoms with E-state index in [-0.39, 0.29) is 36.7 Å². The summed E-state index contributed by atoms with van der Waals surface area (Å²) in [5, 5.41) is 2.65. The molecule has 5 nitrogen and oxygen atoms in total. The fourth-order valence-electron chi connectivity index (χ4n) is 2.39. The first kappa shape index (κ1) is 15.9. The maximum Gasteiger partial charge on any atom is 0.270 e. The van der Waals surface area contributed by atoms with E-state index in [2.05, 4.69) is 15.3 Å². The average molecular weight is 325 g/mol. The smallest absolute Gasteiger partial charge is 0.270 e. The van der Waals surface area contributed by atoms with Crippen molar-refractivity contribution in [3.05, 3.63) is 76.0 Å². The molecule has 1 aromatic heterocycles. The van der Waals surface area contributed by atoms with Crippen LogP contribution in [-0.4, -0.2) is 15.9 Å². The van der Waals surface area contributed by atoms with Gasteiger partial charge in [0.05, 0.1) is 11.0 Å². The van der Waals surface area contributed by atoms with Crippen molar-refractivity contribution in [3.8, 4) is 0 Å². The monoisotopic (exact) mass is 325 g/mol. The van der Waals surface area contributed by atoms with Crippen LogP contribution in [0.1, 0.15) is 17.7 Å². The number of carbonyl (C=O) groups is 1. The molecule has 0 bridgehead atoms. The van der Waals surface area contributed by atoms with Crippen LogP contribution >= 0.6 is 0 Å². The molecule has 0 spiro atoms. The van der Waals surface area contributed by atoms with Crippen LogP contribution in [0.15, 0.2) is 53.3 Å². The largest absolute Gasteiger partial charge is 0.352 e. The normalized spacial score (nSPS) is 10.7. The van der Waals surface area contributed by atoms with Crippen molar-refractivity contribution in [3.63, 3.8) is 0 Å². The molecular formula is C18H16FN3O2. The Bertz CT molecular complexity index is 937. The van der Waals surface area contributed by atoms with Crippen molar-refractivity contribution in [2.45, 2.75) is 19.4 Å². The second-order valence-corrected chi connectivity index (χ2v) is 5.40. The van der Waals surface area contributed by atoms with E-state index < -0.39 is 0 Å². The zero-order valence-corrected chi connectivity index (χ0v) is 12.9. The van der Waals surface area contributed by atoms with Gasteiger partial charge < -0.3 is 10.3 Å². The van der Waals surface area contributed by atoms with E-state index in [1.165, 1.54) is 6.07 Å². The molecule has 0 aliphatic heterocycles. The average Bonchev–Trinajstić information content (AvgIpc) is 2.59. The highest BCUT2D eigenvalue weighted by Gasteiger charge is 2.09. The van der Waals surface area contributed by atoms with Gasteiger partial charge in [-0.2, -0.15) is 0 Å². The lowest BCUT2D eigenvalue weighted by Crippen LogP contribution is -2.25. The van der Waals surface area contributed by atoms with Crippen LogP contribution in [0.2, 0.25) is 0 Å². The molecule has 0 fully saturated rings. The van der Waals surface area contributed by atoms with Crippen molar-refractivity contribution in [1.82, 2.24) is 15.3 Å². The second kappa shape index (κ2) is 7.04. The number of rotatable bonds is 5. The van der Waals surface area contributed by atoms with E-state index in [1.807, 2.05) is 12.1 Å². The van der Waals surface area contributed by atoms with Crippen molar-refractivity contribution >= 4 is 16.9 Å². The Kier molecular flexibility index (Phi) is 4.65. The summed E-state index contributed by atoms with van der Waals surface area (Å²) in [6.45, 7) is 0.118. The number of halogens is 1. The zero-order valence-electron chi connectivity index (χ0n) is 12.9. The Hall–Kier alpha value is -3.02. The summed E-state index contributed by atoms with van der Waals surface area (Å²) in [6.07, 6.45) is 0.339. The molecule has 0 radical (unpaired) electrons. The minimum absolute atomic E-state index is 0.114. The van der Waals surface area contributed by atoms with Crippen LogP contribution in [0, 0.1) is 5.82 Å². The highest BCUT2D eigenvalue weighted by atomic mass is 19.1. The third-order valence-electron chi connectivity index (χ3n) is 3.69. The number of carbonyl (C=O) groups excluding carboxylic acids is 1. The minimum Gasteiger partial charge on any atom is -0.352 e. The maximum atomic E-state index is 13.5. The predicted octanol–water partition coefficient (Wildman–Crippen LogP) is 2.31. The third-order valence-corrected chi connectivity index (χ3v) is 3.69. The van der Waals surface area contributed by atoms with E-state index in [9.17, 15) is 14.0 Å². The van der Waals surface area contributed by atoms with Gasteiger partial charge in [0.25, 0.3) is 5.56 Å². The second-order valence-electron chi connectivity index (χ2n) is 5.40. The number of hydrogen-bond acceptors (Lipinski definition) is 3. The molecule has 1 amide bonds. The Morgan fingerprint density at radius 1 is 1.12 bits per heavy atom. The summed E-state index contributed by atoms with van der Waals surface area (Å²) in [4.78, 5) is 30.9. The fourth-order valence-corrected chi connectivity index (χ4v) is 2.39. The number of para-hydroxylation sites is 2. The number of aryl methyl sites for hydroxylation is 1. The SMILES string of the molecule is O=C(CCc1nc2ccccc2[nH]c1=O)NCc1ccccc1F. The number of benzene rings is 2. The lowest BCUT2D eigenvalue weighted by Gasteiger charge is -2.06. The van der Waals surface area contributed by atoms with Gasteiger partial charge in [0, 0.05) is 24.9 Å². The maximum absolute atomic E-state index is 13.5. The Labute approximate surface area is 137 Å². The number of fused-ring (bicyclic) bond motifs is 1. The Balaban J connectivity index is 1.61. The van der Waals surface area contributed by atoms with Crippen molar-refractivity contribution in [2.75, 3.05) is 0 Å². The molecule has 0 saturated carbocycles. The summed E-state index contributed by atoms with van der Waals surface area (Å²) in [6, 6.07) is 13.5. The van der Waals surface area contributed by atoms with Gasteiger partial charge >= 0.3 is 0 Å². The van der Waals surface area contributed by atoms with E-state index in [1.54, 1.807) is 30.3 Å². The standard InChI is InChI=1S/C18H16FN3O2/c19-13-6-2-1-5-12(13)11-20-17(23)10-9-16-18(24)22-15-8-4-3-7-14(15)21-16/h1-8H,9-11H2,(H,20,23)(H,22,24). The molecule has 0 unspecified atom stereocenters. The Morgan fingerprint density at radius 2 is 1.88 bits per heavy atom. The highest BCUT2D eigenvalue weighted by molar-refractivity contribution is 5.76.